The molecule has 1 heterocycles. The Hall–Kier alpha value is -1.68. The van der Waals surface area contributed by atoms with Crippen molar-refractivity contribution in [3.8, 4) is 0 Å². The van der Waals surface area contributed by atoms with Gasteiger partial charge in [0.05, 0.1) is 0 Å². The summed E-state index contributed by atoms with van der Waals surface area (Å²) in [5, 5.41) is 0. The molecule has 1 unspecified atom stereocenters. The molecular weight excluding hydrogens is 281 g/mol. The zero-order chi connectivity index (χ0) is 15.4. The van der Waals surface area contributed by atoms with Crippen LogP contribution in [0.25, 0.3) is 6.08 Å². The average Bonchev–Trinajstić information content (AvgIpc) is 3.22. The molecule has 2 aliphatic rings. The first-order valence-corrected chi connectivity index (χ1v) is 8.05. The summed E-state index contributed by atoms with van der Waals surface area (Å²) < 4.78 is 18.2. The molecule has 1 aliphatic heterocycles. The van der Waals surface area contributed by atoms with E-state index in [9.17, 15) is 9.18 Å². The van der Waals surface area contributed by atoms with Crippen LogP contribution < -0.4 is 0 Å². The number of halogens is 1. The van der Waals surface area contributed by atoms with Crippen LogP contribution in [-0.2, 0) is 9.53 Å². The van der Waals surface area contributed by atoms with Crippen molar-refractivity contribution in [1.82, 2.24) is 4.90 Å². The van der Waals surface area contributed by atoms with Gasteiger partial charge in [-0.3, -0.25) is 4.90 Å². The second-order valence-electron chi connectivity index (χ2n) is 6.25. The fourth-order valence-corrected chi connectivity index (χ4v) is 2.92. The maximum absolute atomic E-state index is 12.8. The zero-order valence-corrected chi connectivity index (χ0v) is 12.7. The third kappa shape index (κ3) is 4.41. The molecule has 1 saturated carbocycles. The van der Waals surface area contributed by atoms with Gasteiger partial charge in [0, 0.05) is 18.7 Å². The highest BCUT2D eigenvalue weighted by Crippen LogP contribution is 2.32. The smallest absolute Gasteiger partial charge is 0.330 e. The zero-order valence-electron chi connectivity index (χ0n) is 12.7. The minimum Gasteiger partial charge on any atom is -0.461 e. The summed E-state index contributed by atoms with van der Waals surface area (Å²) in [5.41, 5.74) is 0.787. The Morgan fingerprint density at radius 1 is 1.27 bits per heavy atom. The maximum atomic E-state index is 12.8. The van der Waals surface area contributed by atoms with E-state index in [1.54, 1.807) is 18.2 Å². The number of esters is 1. The van der Waals surface area contributed by atoms with Crippen molar-refractivity contribution in [1.29, 1.82) is 0 Å². The van der Waals surface area contributed by atoms with E-state index < -0.39 is 0 Å². The molecular formula is C18H22FNO2. The molecule has 118 valence electrons. The second kappa shape index (κ2) is 7.05. The van der Waals surface area contributed by atoms with Crippen LogP contribution in [0.3, 0.4) is 0 Å². The molecule has 3 rings (SSSR count). The minimum absolute atomic E-state index is 0.281. The van der Waals surface area contributed by atoms with Gasteiger partial charge in [0.2, 0.25) is 0 Å². The number of nitrogens with zero attached hydrogens (tertiary/aromatic N) is 1. The van der Waals surface area contributed by atoms with Crippen LogP contribution in [0.4, 0.5) is 4.39 Å². The third-order valence-corrected chi connectivity index (χ3v) is 4.39. The average molecular weight is 303 g/mol. The molecule has 0 spiro atoms. The summed E-state index contributed by atoms with van der Waals surface area (Å²) in [6.07, 6.45) is 8.07. The van der Waals surface area contributed by atoms with Crippen LogP contribution in [0, 0.1) is 11.7 Å². The lowest BCUT2D eigenvalue weighted by Crippen LogP contribution is -2.35. The molecule has 4 heteroatoms. The monoisotopic (exact) mass is 303 g/mol. The van der Waals surface area contributed by atoms with Gasteiger partial charge in [-0.15, -0.1) is 0 Å². The van der Waals surface area contributed by atoms with Gasteiger partial charge in [-0.2, -0.15) is 0 Å². The Labute approximate surface area is 130 Å². The van der Waals surface area contributed by atoms with Crippen molar-refractivity contribution in [3.63, 3.8) is 0 Å². The van der Waals surface area contributed by atoms with Crippen LogP contribution in [0.5, 0.6) is 0 Å². The van der Waals surface area contributed by atoms with Crippen molar-refractivity contribution < 1.29 is 13.9 Å². The van der Waals surface area contributed by atoms with Crippen LogP contribution in [0.15, 0.2) is 30.3 Å². The highest BCUT2D eigenvalue weighted by molar-refractivity contribution is 5.87. The minimum atomic E-state index is -0.331. The van der Waals surface area contributed by atoms with E-state index in [1.807, 2.05) is 0 Å². The molecule has 22 heavy (non-hydrogen) atoms. The number of carbonyl (C=O) groups is 1. The predicted octanol–water partition coefficient (Wildman–Crippen LogP) is 3.26. The third-order valence-electron chi connectivity index (χ3n) is 4.39. The number of likely N-dealkylation sites (tertiary alicyclic amines) is 1. The van der Waals surface area contributed by atoms with Gasteiger partial charge in [-0.05, 0) is 61.9 Å². The number of benzene rings is 1. The van der Waals surface area contributed by atoms with Gasteiger partial charge in [0.15, 0.2) is 0 Å². The lowest BCUT2D eigenvalue weighted by atomic mass is 10.2. The van der Waals surface area contributed by atoms with Crippen molar-refractivity contribution >= 4 is 12.0 Å². The molecule has 3 nitrogen and oxygen atoms in total. The van der Waals surface area contributed by atoms with Crippen LogP contribution in [0.1, 0.15) is 31.2 Å². The number of ether oxygens (including phenoxy) is 1. The molecule has 0 amide bonds. The molecule has 1 saturated heterocycles. The van der Waals surface area contributed by atoms with Gasteiger partial charge in [-0.1, -0.05) is 12.1 Å². The molecule has 0 N–H and O–H groups in total. The van der Waals surface area contributed by atoms with E-state index in [0.29, 0.717) is 12.6 Å². The first-order valence-electron chi connectivity index (χ1n) is 8.05. The van der Waals surface area contributed by atoms with Crippen molar-refractivity contribution in [2.24, 2.45) is 5.92 Å². The second-order valence-corrected chi connectivity index (χ2v) is 6.25. The largest absolute Gasteiger partial charge is 0.461 e. The Morgan fingerprint density at radius 2 is 2.05 bits per heavy atom. The molecule has 1 aliphatic carbocycles. The fraction of sp³-hybridized carbons (Fsp3) is 0.500. The maximum Gasteiger partial charge on any atom is 0.330 e. The Balaban J connectivity index is 1.44. The number of hydrogen-bond donors (Lipinski definition) is 0. The predicted molar refractivity (Wildman–Crippen MR) is 83.7 cm³/mol. The summed E-state index contributed by atoms with van der Waals surface area (Å²) in [6, 6.07) is 6.39. The van der Waals surface area contributed by atoms with E-state index in [0.717, 1.165) is 31.0 Å². The van der Waals surface area contributed by atoms with Crippen LogP contribution in [-0.4, -0.2) is 36.6 Å². The van der Waals surface area contributed by atoms with Crippen LogP contribution >= 0.6 is 0 Å². The molecule has 1 aromatic rings. The first-order chi connectivity index (χ1) is 10.7. The highest BCUT2D eigenvalue weighted by Gasteiger charge is 2.31. The first kappa shape index (κ1) is 15.2. The highest BCUT2D eigenvalue weighted by atomic mass is 19.1. The fourth-order valence-electron chi connectivity index (χ4n) is 2.92. The molecule has 0 bridgehead atoms. The normalized spacial score (nSPS) is 22.3. The standard InChI is InChI=1S/C18H22FNO2/c19-16-8-5-14(6-9-16)7-10-18(21)22-13-17-2-1-11-20(17)12-15-3-4-15/h5-10,15,17H,1-4,11-13H2. The lowest BCUT2D eigenvalue weighted by Gasteiger charge is -2.23. The number of carbonyl (C=O) groups excluding carboxylic acids is 1. The van der Waals surface area contributed by atoms with Crippen molar-refractivity contribution in [3.05, 3.63) is 41.7 Å². The summed E-state index contributed by atoms with van der Waals surface area (Å²) in [7, 11) is 0. The molecule has 1 aromatic carbocycles. The van der Waals surface area contributed by atoms with E-state index in [2.05, 4.69) is 4.90 Å². The lowest BCUT2D eigenvalue weighted by molar-refractivity contribution is -0.139. The van der Waals surface area contributed by atoms with Crippen molar-refractivity contribution in [2.75, 3.05) is 19.7 Å². The summed E-state index contributed by atoms with van der Waals surface area (Å²) in [6.45, 7) is 2.76. The molecule has 0 aromatic heterocycles. The van der Waals surface area contributed by atoms with E-state index in [1.165, 1.54) is 37.5 Å². The van der Waals surface area contributed by atoms with Crippen LogP contribution in [0.2, 0.25) is 0 Å². The SMILES string of the molecule is O=C(C=Cc1ccc(F)cc1)OCC1CCCN1CC1CC1. The van der Waals surface area contributed by atoms with Gasteiger partial charge in [0.25, 0.3) is 0 Å². The summed E-state index contributed by atoms with van der Waals surface area (Å²) in [5.74, 6) is 0.258. The van der Waals surface area contributed by atoms with Gasteiger partial charge in [-0.25, -0.2) is 9.18 Å². The van der Waals surface area contributed by atoms with E-state index >= 15 is 0 Å². The Bertz CT molecular complexity index is 537. The Kier molecular flexibility index (Phi) is 4.88. The molecule has 1 atom stereocenters. The molecule has 0 radical (unpaired) electrons. The van der Waals surface area contributed by atoms with Crippen molar-refractivity contribution in [2.45, 2.75) is 31.7 Å². The van der Waals surface area contributed by atoms with Gasteiger partial charge >= 0.3 is 5.97 Å². The summed E-state index contributed by atoms with van der Waals surface area (Å²) in [4.78, 5) is 14.2. The number of rotatable bonds is 6. The quantitative estimate of drug-likeness (QED) is 0.597. The van der Waals surface area contributed by atoms with E-state index in [4.69, 9.17) is 4.74 Å². The molecule has 2 fully saturated rings. The van der Waals surface area contributed by atoms with E-state index in [-0.39, 0.29) is 11.8 Å². The van der Waals surface area contributed by atoms with Gasteiger partial charge in [0.1, 0.15) is 12.4 Å². The topological polar surface area (TPSA) is 29.5 Å². The Morgan fingerprint density at radius 3 is 2.77 bits per heavy atom. The summed E-state index contributed by atoms with van der Waals surface area (Å²) >= 11 is 0. The number of hydrogen-bond acceptors (Lipinski definition) is 3. The van der Waals surface area contributed by atoms with Gasteiger partial charge < -0.3 is 4.74 Å².